The van der Waals surface area contributed by atoms with Gasteiger partial charge in [0.1, 0.15) is 11.9 Å². The van der Waals surface area contributed by atoms with Gasteiger partial charge >= 0.3 is 5.97 Å². The summed E-state index contributed by atoms with van der Waals surface area (Å²) in [5, 5.41) is 18.9. The third kappa shape index (κ3) is 3.69. The predicted octanol–water partition coefficient (Wildman–Crippen LogP) is 2.17. The van der Waals surface area contributed by atoms with Crippen molar-refractivity contribution in [3.05, 3.63) is 30.1 Å². The highest BCUT2D eigenvalue weighted by Gasteiger charge is 2.35. The first kappa shape index (κ1) is 17.1. The number of carbonyl (C=O) groups is 2. The summed E-state index contributed by atoms with van der Waals surface area (Å²) in [5.41, 5.74) is 1.25. The Bertz CT molecular complexity index is 786. The molecule has 1 aliphatic rings. The fourth-order valence-electron chi connectivity index (χ4n) is 2.66. The fourth-order valence-corrected chi connectivity index (χ4v) is 2.66. The Morgan fingerprint density at radius 1 is 1.28 bits per heavy atom. The lowest BCUT2D eigenvalue weighted by atomic mass is 10.1. The van der Waals surface area contributed by atoms with E-state index in [4.69, 9.17) is 9.84 Å². The number of aromatic amines is 1. The second kappa shape index (κ2) is 7.02. The number of aliphatic carboxylic acids is 1. The minimum atomic E-state index is -1.04. The van der Waals surface area contributed by atoms with Gasteiger partial charge < -0.3 is 15.2 Å². The Hall–Kier alpha value is -2.74. The molecular weight excluding hydrogens is 324 g/mol. The molecule has 3 N–H and O–H groups in total. The summed E-state index contributed by atoms with van der Waals surface area (Å²) in [6.07, 6.45) is -0.989. The zero-order chi connectivity index (χ0) is 18.0. The molecule has 1 aliphatic heterocycles. The van der Waals surface area contributed by atoms with Gasteiger partial charge in [-0.2, -0.15) is 5.10 Å². The summed E-state index contributed by atoms with van der Waals surface area (Å²) in [5.74, 6) is 0.0613. The molecule has 1 aromatic carbocycles. The van der Waals surface area contributed by atoms with E-state index in [9.17, 15) is 9.59 Å². The number of ether oxygens (including phenoxy) is 1. The van der Waals surface area contributed by atoms with Gasteiger partial charge in [0.05, 0.1) is 5.69 Å². The van der Waals surface area contributed by atoms with E-state index in [0.29, 0.717) is 29.9 Å². The number of amides is 1. The van der Waals surface area contributed by atoms with Crippen LogP contribution in [0.3, 0.4) is 0 Å². The van der Waals surface area contributed by atoms with Gasteiger partial charge in [0.25, 0.3) is 5.91 Å². The van der Waals surface area contributed by atoms with Crippen LogP contribution in [-0.2, 0) is 14.3 Å². The number of nitrogens with zero attached hydrogens (tertiary/aromatic N) is 2. The average Bonchev–Trinajstić information content (AvgIpc) is 3.25. The van der Waals surface area contributed by atoms with Crippen LogP contribution in [-0.4, -0.2) is 44.4 Å². The molecular formula is C17H20N4O4. The molecule has 1 aromatic heterocycles. The van der Waals surface area contributed by atoms with Crippen LogP contribution in [0.5, 0.6) is 0 Å². The molecule has 0 radical (unpaired) electrons. The van der Waals surface area contributed by atoms with Crippen molar-refractivity contribution in [2.75, 3.05) is 5.32 Å². The molecule has 0 spiro atoms. The van der Waals surface area contributed by atoms with Crippen molar-refractivity contribution in [1.82, 2.24) is 15.2 Å². The van der Waals surface area contributed by atoms with E-state index in [0.717, 1.165) is 5.82 Å². The number of benzene rings is 1. The third-order valence-electron chi connectivity index (χ3n) is 4.06. The Morgan fingerprint density at radius 2 is 2.00 bits per heavy atom. The van der Waals surface area contributed by atoms with Crippen molar-refractivity contribution in [2.24, 2.45) is 0 Å². The number of hydrogen-bond acceptors (Lipinski definition) is 5. The maximum absolute atomic E-state index is 12.4. The number of H-pyrrole nitrogens is 1. The van der Waals surface area contributed by atoms with Crippen molar-refractivity contribution in [2.45, 2.75) is 44.8 Å². The highest BCUT2D eigenvalue weighted by atomic mass is 16.5. The average molecular weight is 344 g/mol. The molecule has 0 aliphatic carbocycles. The van der Waals surface area contributed by atoms with Crippen molar-refractivity contribution in [3.8, 4) is 11.4 Å². The Kier molecular flexibility index (Phi) is 4.80. The number of carbonyl (C=O) groups excluding carboxylic acids is 1. The molecule has 0 unspecified atom stereocenters. The topological polar surface area (TPSA) is 117 Å². The van der Waals surface area contributed by atoms with Crippen LogP contribution < -0.4 is 5.32 Å². The number of carboxylic acid groups (broad SMARTS) is 1. The molecule has 8 nitrogen and oxygen atoms in total. The smallest absolute Gasteiger partial charge is 0.332 e. The molecule has 1 saturated heterocycles. The number of hydrogen-bond donors (Lipinski definition) is 3. The first-order valence-corrected chi connectivity index (χ1v) is 8.16. The maximum Gasteiger partial charge on any atom is 0.332 e. The standard InChI is InChI=1S/C17H20N4O4/c1-9(2)14-19-15(21-20-14)10-5-3-4-6-11(10)18-16(22)12-7-8-13(25-12)17(23)24/h3-6,9,12-13H,7-8H2,1-2H3,(H,18,22)(H,23,24)(H,19,20,21)/t12-,13+/m0/s1. The van der Waals surface area contributed by atoms with E-state index in [1.807, 2.05) is 26.0 Å². The van der Waals surface area contributed by atoms with Gasteiger partial charge in [-0.05, 0) is 25.0 Å². The Labute approximate surface area is 144 Å². The van der Waals surface area contributed by atoms with Crippen LogP contribution in [0.2, 0.25) is 0 Å². The molecule has 3 rings (SSSR count). The van der Waals surface area contributed by atoms with Crippen LogP contribution in [0.1, 0.15) is 38.4 Å². The van der Waals surface area contributed by atoms with Gasteiger partial charge in [-0.1, -0.05) is 26.0 Å². The minimum Gasteiger partial charge on any atom is -0.479 e. The van der Waals surface area contributed by atoms with Gasteiger partial charge in [0.2, 0.25) is 0 Å². The highest BCUT2D eigenvalue weighted by molar-refractivity contribution is 5.97. The van der Waals surface area contributed by atoms with E-state index in [1.165, 1.54) is 0 Å². The van der Waals surface area contributed by atoms with E-state index < -0.39 is 18.2 Å². The number of nitrogens with one attached hydrogen (secondary N) is 2. The molecule has 8 heteroatoms. The number of aromatic nitrogens is 3. The molecule has 1 fully saturated rings. The van der Waals surface area contributed by atoms with Crippen LogP contribution in [0.4, 0.5) is 5.69 Å². The first-order chi connectivity index (χ1) is 12.0. The second-order valence-electron chi connectivity index (χ2n) is 6.26. The van der Waals surface area contributed by atoms with Crippen molar-refractivity contribution in [3.63, 3.8) is 0 Å². The predicted molar refractivity (Wildman–Crippen MR) is 90.1 cm³/mol. The summed E-state index contributed by atoms with van der Waals surface area (Å²) in [6.45, 7) is 4.02. The number of anilines is 1. The van der Waals surface area contributed by atoms with Crippen LogP contribution in [0.15, 0.2) is 24.3 Å². The third-order valence-corrected chi connectivity index (χ3v) is 4.06. The van der Waals surface area contributed by atoms with Gasteiger partial charge in [-0.15, -0.1) is 0 Å². The molecule has 2 heterocycles. The van der Waals surface area contributed by atoms with Crippen molar-refractivity contribution < 1.29 is 19.4 Å². The summed E-state index contributed by atoms with van der Waals surface area (Å²) in [6, 6.07) is 7.20. The van der Waals surface area contributed by atoms with E-state index >= 15 is 0 Å². The van der Waals surface area contributed by atoms with E-state index in [2.05, 4.69) is 20.5 Å². The zero-order valence-electron chi connectivity index (χ0n) is 14.0. The molecule has 0 bridgehead atoms. The van der Waals surface area contributed by atoms with Crippen molar-refractivity contribution >= 4 is 17.6 Å². The molecule has 132 valence electrons. The minimum absolute atomic E-state index is 0.211. The van der Waals surface area contributed by atoms with Crippen molar-refractivity contribution in [1.29, 1.82) is 0 Å². The maximum atomic E-state index is 12.4. The SMILES string of the molecule is CC(C)c1nc(-c2ccccc2NC(=O)[C@@H]2CC[C@H](C(=O)O)O2)n[nH]1. The molecule has 0 saturated carbocycles. The monoisotopic (exact) mass is 344 g/mol. The fraction of sp³-hybridized carbons (Fsp3) is 0.412. The van der Waals surface area contributed by atoms with Crippen LogP contribution in [0.25, 0.3) is 11.4 Å². The quantitative estimate of drug-likeness (QED) is 0.765. The van der Waals surface area contributed by atoms with Gasteiger partial charge in [-0.3, -0.25) is 9.89 Å². The van der Waals surface area contributed by atoms with E-state index in [1.54, 1.807) is 12.1 Å². The lowest BCUT2D eigenvalue weighted by molar-refractivity contribution is -0.150. The number of carboxylic acids is 1. The second-order valence-corrected chi connectivity index (χ2v) is 6.26. The lowest BCUT2D eigenvalue weighted by Gasteiger charge is -2.13. The molecule has 2 aromatic rings. The van der Waals surface area contributed by atoms with Crippen LogP contribution in [0, 0.1) is 0 Å². The highest BCUT2D eigenvalue weighted by Crippen LogP contribution is 2.27. The normalized spacial score (nSPS) is 20.0. The Balaban J connectivity index is 1.77. The summed E-state index contributed by atoms with van der Waals surface area (Å²) < 4.78 is 5.29. The van der Waals surface area contributed by atoms with Crippen LogP contribution >= 0.6 is 0 Å². The first-order valence-electron chi connectivity index (χ1n) is 8.16. The summed E-state index contributed by atoms with van der Waals surface area (Å²) in [7, 11) is 0. The largest absolute Gasteiger partial charge is 0.479 e. The zero-order valence-corrected chi connectivity index (χ0v) is 14.0. The summed E-state index contributed by atoms with van der Waals surface area (Å²) in [4.78, 5) is 27.8. The van der Waals surface area contributed by atoms with E-state index in [-0.39, 0.29) is 11.8 Å². The Morgan fingerprint density at radius 3 is 2.64 bits per heavy atom. The lowest BCUT2D eigenvalue weighted by Crippen LogP contribution is -2.30. The number of para-hydroxylation sites is 1. The molecule has 25 heavy (non-hydrogen) atoms. The van der Waals surface area contributed by atoms with Gasteiger partial charge in [0, 0.05) is 11.5 Å². The summed E-state index contributed by atoms with van der Waals surface area (Å²) >= 11 is 0. The molecule has 2 atom stereocenters. The number of rotatable bonds is 5. The van der Waals surface area contributed by atoms with Gasteiger partial charge in [0.15, 0.2) is 11.9 Å². The van der Waals surface area contributed by atoms with Gasteiger partial charge in [-0.25, -0.2) is 9.78 Å². The molecule has 1 amide bonds.